The predicted octanol–water partition coefficient (Wildman–Crippen LogP) is 4.86. The van der Waals surface area contributed by atoms with Crippen molar-refractivity contribution in [2.24, 2.45) is 0 Å². The van der Waals surface area contributed by atoms with Crippen molar-refractivity contribution in [3.05, 3.63) is 64.0 Å². The van der Waals surface area contributed by atoms with Crippen molar-refractivity contribution in [2.45, 2.75) is 19.8 Å². The van der Waals surface area contributed by atoms with Crippen molar-refractivity contribution in [1.82, 2.24) is 4.98 Å². The number of benzene rings is 1. The second-order valence-corrected chi connectivity index (χ2v) is 6.76. The zero-order chi connectivity index (χ0) is 14.7. The van der Waals surface area contributed by atoms with Crippen LogP contribution in [0, 0.1) is 0 Å². The topological polar surface area (TPSA) is 30.0 Å². The summed E-state index contributed by atoms with van der Waals surface area (Å²) in [5.74, 6) is 0.118. The monoisotopic (exact) mass is 313 g/mol. The van der Waals surface area contributed by atoms with Crippen molar-refractivity contribution in [3.63, 3.8) is 0 Å². The molecular formula is C17H15NOS2. The van der Waals surface area contributed by atoms with E-state index in [9.17, 15) is 4.79 Å². The number of thiophene rings is 1. The normalized spacial score (nSPS) is 10.7. The Labute approximate surface area is 132 Å². The highest BCUT2D eigenvalue weighted by Crippen LogP contribution is 2.31. The maximum Gasteiger partial charge on any atom is 0.168 e. The van der Waals surface area contributed by atoms with E-state index in [1.54, 1.807) is 22.7 Å². The molecule has 4 heteroatoms. The number of aryl methyl sites for hydroxylation is 1. The summed E-state index contributed by atoms with van der Waals surface area (Å²) in [5, 5.41) is 3.00. The predicted molar refractivity (Wildman–Crippen MR) is 89.3 cm³/mol. The minimum atomic E-state index is 0.118. The van der Waals surface area contributed by atoms with Crippen LogP contribution in [0.15, 0.2) is 47.8 Å². The van der Waals surface area contributed by atoms with Crippen LogP contribution in [0.4, 0.5) is 0 Å². The summed E-state index contributed by atoms with van der Waals surface area (Å²) < 4.78 is 0. The van der Waals surface area contributed by atoms with Gasteiger partial charge < -0.3 is 0 Å². The Kier molecular flexibility index (Phi) is 4.27. The van der Waals surface area contributed by atoms with Crippen LogP contribution in [0.5, 0.6) is 0 Å². The van der Waals surface area contributed by atoms with Crippen LogP contribution in [0.25, 0.3) is 9.88 Å². The fourth-order valence-corrected chi connectivity index (χ4v) is 3.91. The van der Waals surface area contributed by atoms with E-state index in [0.717, 1.165) is 22.7 Å². The van der Waals surface area contributed by atoms with Gasteiger partial charge in [0.25, 0.3) is 0 Å². The molecule has 0 radical (unpaired) electrons. The van der Waals surface area contributed by atoms with E-state index in [-0.39, 0.29) is 5.78 Å². The van der Waals surface area contributed by atoms with Crippen molar-refractivity contribution < 1.29 is 4.79 Å². The summed E-state index contributed by atoms with van der Waals surface area (Å²) in [4.78, 5) is 19.3. The summed E-state index contributed by atoms with van der Waals surface area (Å²) in [6.45, 7) is 2.15. The third-order valence-electron chi connectivity index (χ3n) is 3.21. The van der Waals surface area contributed by atoms with Gasteiger partial charge in [-0.25, -0.2) is 4.98 Å². The maximum atomic E-state index is 12.2. The van der Waals surface area contributed by atoms with Gasteiger partial charge in [-0.05, 0) is 18.6 Å². The Morgan fingerprint density at radius 2 is 1.95 bits per heavy atom. The molecule has 0 aliphatic carbocycles. The fourth-order valence-electron chi connectivity index (χ4n) is 2.07. The van der Waals surface area contributed by atoms with Crippen molar-refractivity contribution in [2.75, 3.05) is 0 Å². The van der Waals surface area contributed by atoms with Gasteiger partial charge in [-0.2, -0.15) is 0 Å². The molecular weight excluding hydrogens is 298 g/mol. The Bertz CT molecular complexity index is 743. The van der Waals surface area contributed by atoms with E-state index in [0.29, 0.717) is 6.42 Å². The van der Waals surface area contributed by atoms with Gasteiger partial charge >= 0.3 is 0 Å². The van der Waals surface area contributed by atoms with E-state index in [1.807, 2.05) is 35.7 Å². The first-order chi connectivity index (χ1) is 10.3. The number of ketones is 1. The van der Waals surface area contributed by atoms with Gasteiger partial charge in [0.2, 0.25) is 0 Å². The number of hydrogen-bond acceptors (Lipinski definition) is 4. The van der Waals surface area contributed by atoms with Crippen molar-refractivity contribution in [3.8, 4) is 9.88 Å². The number of thiazole rings is 1. The first-order valence-corrected chi connectivity index (χ1v) is 8.57. The molecule has 0 unspecified atom stereocenters. The smallest absolute Gasteiger partial charge is 0.168 e. The van der Waals surface area contributed by atoms with Gasteiger partial charge in [-0.15, -0.1) is 22.7 Å². The molecule has 21 heavy (non-hydrogen) atoms. The van der Waals surface area contributed by atoms with E-state index < -0.39 is 0 Å². The van der Waals surface area contributed by atoms with E-state index in [2.05, 4.69) is 24.0 Å². The Balaban J connectivity index is 1.75. The number of carbonyl (C=O) groups excluding carboxylic acids is 1. The lowest BCUT2D eigenvalue weighted by Gasteiger charge is -1.97. The third kappa shape index (κ3) is 3.28. The van der Waals surface area contributed by atoms with E-state index >= 15 is 0 Å². The molecule has 1 aromatic carbocycles. The lowest BCUT2D eigenvalue weighted by Crippen LogP contribution is -2.03. The molecule has 0 spiro atoms. The number of hydrogen-bond donors (Lipinski definition) is 0. The van der Waals surface area contributed by atoms with Crippen LogP contribution in [0.2, 0.25) is 0 Å². The van der Waals surface area contributed by atoms with Crippen LogP contribution >= 0.6 is 22.7 Å². The molecule has 0 aliphatic heterocycles. The number of Topliss-reactive ketones (excluding diaryl/α,β-unsaturated/α-hetero) is 1. The molecule has 0 saturated heterocycles. The number of rotatable bonds is 5. The van der Waals surface area contributed by atoms with Gasteiger partial charge in [0.1, 0.15) is 5.01 Å². The first-order valence-electron chi connectivity index (χ1n) is 6.88. The molecule has 0 amide bonds. The molecule has 2 aromatic heterocycles. The van der Waals surface area contributed by atoms with Gasteiger partial charge in [0.15, 0.2) is 5.78 Å². The number of carbonyl (C=O) groups is 1. The van der Waals surface area contributed by atoms with Crippen molar-refractivity contribution in [1.29, 1.82) is 0 Å². The zero-order valence-corrected chi connectivity index (χ0v) is 13.3. The van der Waals surface area contributed by atoms with Crippen molar-refractivity contribution >= 4 is 28.5 Å². The lowest BCUT2D eigenvalue weighted by molar-refractivity contribution is 0.0992. The van der Waals surface area contributed by atoms with Crippen LogP contribution < -0.4 is 0 Å². The van der Waals surface area contributed by atoms with E-state index in [1.165, 1.54) is 9.75 Å². The average Bonchev–Trinajstić information content (AvgIpc) is 3.16. The molecule has 3 rings (SSSR count). The molecule has 106 valence electrons. The summed E-state index contributed by atoms with van der Waals surface area (Å²) in [7, 11) is 0. The molecule has 2 nitrogen and oxygen atoms in total. The molecule has 0 atom stereocenters. The molecule has 0 aliphatic rings. The molecule has 3 aromatic rings. The average molecular weight is 313 g/mol. The van der Waals surface area contributed by atoms with Gasteiger partial charge in [0, 0.05) is 15.8 Å². The second kappa shape index (κ2) is 6.33. The highest BCUT2D eigenvalue weighted by Gasteiger charge is 2.11. The Hall–Kier alpha value is -1.78. The quantitative estimate of drug-likeness (QED) is 0.630. The lowest BCUT2D eigenvalue weighted by atomic mass is 10.1. The standard InChI is InChI=1S/C17H15NOS2/c1-2-14-8-9-16(21-14)17-18-13(11-20-17)10-15(19)12-6-4-3-5-7-12/h3-9,11H,2,10H2,1H3. The minimum Gasteiger partial charge on any atom is -0.294 e. The minimum absolute atomic E-state index is 0.118. The SMILES string of the molecule is CCc1ccc(-c2nc(CC(=O)c3ccccc3)cs2)s1. The number of aromatic nitrogens is 1. The van der Waals surface area contributed by atoms with Crippen LogP contribution in [0.1, 0.15) is 27.9 Å². The summed E-state index contributed by atoms with van der Waals surface area (Å²) >= 11 is 3.39. The second-order valence-electron chi connectivity index (χ2n) is 4.73. The van der Waals surface area contributed by atoms with Crippen LogP contribution in [-0.2, 0) is 12.8 Å². The molecule has 0 bridgehead atoms. The fraction of sp³-hybridized carbons (Fsp3) is 0.176. The Morgan fingerprint density at radius 3 is 2.67 bits per heavy atom. The van der Waals surface area contributed by atoms with E-state index in [4.69, 9.17) is 0 Å². The van der Waals surface area contributed by atoms with Crippen LogP contribution in [0.3, 0.4) is 0 Å². The largest absolute Gasteiger partial charge is 0.294 e. The first kappa shape index (κ1) is 14.2. The summed E-state index contributed by atoms with van der Waals surface area (Å²) in [6.07, 6.45) is 1.42. The highest BCUT2D eigenvalue weighted by molar-refractivity contribution is 7.21. The zero-order valence-electron chi connectivity index (χ0n) is 11.7. The van der Waals surface area contributed by atoms with Crippen LogP contribution in [-0.4, -0.2) is 10.8 Å². The maximum absolute atomic E-state index is 12.2. The summed E-state index contributed by atoms with van der Waals surface area (Å²) in [5.41, 5.74) is 1.60. The Morgan fingerprint density at radius 1 is 1.14 bits per heavy atom. The molecule has 2 heterocycles. The highest BCUT2D eigenvalue weighted by atomic mass is 32.1. The van der Waals surface area contributed by atoms with Gasteiger partial charge in [-0.3, -0.25) is 4.79 Å². The molecule has 0 saturated carbocycles. The van der Waals surface area contributed by atoms with Gasteiger partial charge in [-0.1, -0.05) is 37.3 Å². The number of nitrogens with zero attached hydrogens (tertiary/aromatic N) is 1. The third-order valence-corrected chi connectivity index (χ3v) is 5.50. The molecule has 0 fully saturated rings. The van der Waals surface area contributed by atoms with Gasteiger partial charge in [0.05, 0.1) is 17.0 Å². The molecule has 0 N–H and O–H groups in total. The summed E-state index contributed by atoms with van der Waals surface area (Å²) in [6, 6.07) is 13.7.